The molecule has 0 spiro atoms. The largest absolute Gasteiger partial charge is 0.609 e. The van der Waals surface area contributed by atoms with Crippen molar-refractivity contribution in [1.29, 1.82) is 5.26 Å². The van der Waals surface area contributed by atoms with Crippen molar-refractivity contribution < 1.29 is 4.55 Å². The molecular weight excluding hydrogens is 200 g/mol. The average Bonchev–Trinajstić information content (AvgIpc) is 2.15. The number of aromatic nitrogens is 2. The van der Waals surface area contributed by atoms with Gasteiger partial charge in [-0.15, -0.1) is 0 Å². The Morgan fingerprint density at radius 2 is 2.43 bits per heavy atom. The van der Waals surface area contributed by atoms with Gasteiger partial charge >= 0.3 is 5.16 Å². The van der Waals surface area contributed by atoms with E-state index in [4.69, 9.17) is 11.0 Å². The van der Waals surface area contributed by atoms with Crippen LogP contribution in [0.15, 0.2) is 17.4 Å². The van der Waals surface area contributed by atoms with Crippen molar-refractivity contribution >= 4 is 23.1 Å². The highest BCUT2D eigenvalue weighted by Gasteiger charge is 2.09. The minimum Gasteiger partial charge on any atom is -0.609 e. The Bertz CT molecular complexity index is 397. The quantitative estimate of drug-likeness (QED) is 0.429. The molecule has 5 nitrogen and oxygen atoms in total. The average molecular weight is 208 g/mol. The highest BCUT2D eigenvalue weighted by atomic mass is 32.2. The molecule has 72 valence electrons. The van der Waals surface area contributed by atoms with Crippen LogP contribution >= 0.6 is 0 Å². The minimum atomic E-state index is -1.24. The molecule has 0 aliphatic carbocycles. The van der Waals surface area contributed by atoms with Crippen LogP contribution in [0.25, 0.3) is 6.08 Å². The number of allylic oxidation sites excluding steroid dienone is 1. The van der Waals surface area contributed by atoms with Gasteiger partial charge in [0, 0.05) is 29.0 Å². The molecule has 1 heterocycles. The molecule has 1 atom stereocenters. The third-order valence-electron chi connectivity index (χ3n) is 1.42. The van der Waals surface area contributed by atoms with Crippen LogP contribution in [0.1, 0.15) is 5.56 Å². The minimum absolute atomic E-state index is 0.191. The summed E-state index contributed by atoms with van der Waals surface area (Å²) in [5.41, 5.74) is 6.10. The van der Waals surface area contributed by atoms with E-state index in [0.29, 0.717) is 5.56 Å². The third kappa shape index (κ3) is 2.45. The van der Waals surface area contributed by atoms with Gasteiger partial charge in [0.2, 0.25) is 0 Å². The van der Waals surface area contributed by atoms with Gasteiger partial charge in [0.05, 0.1) is 6.07 Å². The summed E-state index contributed by atoms with van der Waals surface area (Å²) in [7, 11) is 0. The van der Waals surface area contributed by atoms with Crippen molar-refractivity contribution in [3.05, 3.63) is 17.8 Å². The van der Waals surface area contributed by atoms with Crippen LogP contribution in [0, 0.1) is 11.3 Å². The lowest BCUT2D eigenvalue weighted by molar-refractivity contribution is 0.592. The SMILES string of the molecule is C[S+]([O-])c1ncc(/C=C/C#N)c(N)n1. The van der Waals surface area contributed by atoms with Crippen molar-refractivity contribution in [3.63, 3.8) is 0 Å². The van der Waals surface area contributed by atoms with Crippen LogP contribution in [0.5, 0.6) is 0 Å². The molecule has 6 heteroatoms. The van der Waals surface area contributed by atoms with Crippen LogP contribution in [0.2, 0.25) is 0 Å². The zero-order chi connectivity index (χ0) is 10.6. The third-order valence-corrected chi connectivity index (χ3v) is 2.13. The van der Waals surface area contributed by atoms with Gasteiger partial charge in [-0.25, -0.2) is 0 Å². The maximum absolute atomic E-state index is 11.0. The van der Waals surface area contributed by atoms with Gasteiger partial charge in [0.1, 0.15) is 12.1 Å². The van der Waals surface area contributed by atoms with E-state index in [1.807, 2.05) is 6.07 Å². The smallest absolute Gasteiger partial charge is 0.344 e. The number of rotatable bonds is 2. The van der Waals surface area contributed by atoms with Gasteiger partial charge in [0.15, 0.2) is 0 Å². The van der Waals surface area contributed by atoms with Crippen molar-refractivity contribution in [2.45, 2.75) is 5.16 Å². The molecule has 0 aliphatic heterocycles. The van der Waals surface area contributed by atoms with Crippen LogP contribution in [-0.2, 0) is 11.2 Å². The first-order valence-electron chi connectivity index (χ1n) is 3.67. The topological polar surface area (TPSA) is 98.7 Å². The molecule has 14 heavy (non-hydrogen) atoms. The predicted molar refractivity (Wildman–Crippen MR) is 53.4 cm³/mol. The zero-order valence-corrected chi connectivity index (χ0v) is 8.28. The monoisotopic (exact) mass is 208 g/mol. The number of hydrogen-bond donors (Lipinski definition) is 1. The van der Waals surface area contributed by atoms with Gasteiger partial charge in [-0.1, -0.05) is 0 Å². The second-order valence-electron chi connectivity index (χ2n) is 2.41. The first-order valence-corrected chi connectivity index (χ1v) is 5.23. The van der Waals surface area contributed by atoms with Crippen molar-refractivity contribution in [2.24, 2.45) is 0 Å². The first kappa shape index (κ1) is 10.5. The van der Waals surface area contributed by atoms with Crippen molar-refractivity contribution in [1.82, 2.24) is 9.97 Å². The summed E-state index contributed by atoms with van der Waals surface area (Å²) in [5.74, 6) is 0.219. The first-order chi connectivity index (χ1) is 6.65. The maximum Gasteiger partial charge on any atom is 0.344 e. The Morgan fingerprint density at radius 1 is 1.71 bits per heavy atom. The molecular formula is C8H8N4OS. The molecule has 0 aromatic carbocycles. The van der Waals surface area contributed by atoms with E-state index in [2.05, 4.69) is 9.97 Å². The van der Waals surface area contributed by atoms with E-state index in [1.165, 1.54) is 24.6 Å². The lowest BCUT2D eigenvalue weighted by Gasteiger charge is -2.03. The Labute approximate surface area is 84.5 Å². The van der Waals surface area contributed by atoms with Gasteiger partial charge in [0.25, 0.3) is 0 Å². The number of nitrogen functional groups attached to an aromatic ring is 1. The fourth-order valence-electron chi connectivity index (χ4n) is 0.781. The molecule has 1 aromatic rings. The lowest BCUT2D eigenvalue weighted by Crippen LogP contribution is -2.07. The Morgan fingerprint density at radius 3 is 2.93 bits per heavy atom. The molecule has 0 saturated carbocycles. The van der Waals surface area contributed by atoms with E-state index >= 15 is 0 Å². The Kier molecular flexibility index (Phi) is 3.45. The highest BCUT2D eigenvalue weighted by Crippen LogP contribution is 2.11. The summed E-state index contributed by atoms with van der Waals surface area (Å²) >= 11 is -1.24. The van der Waals surface area contributed by atoms with Gasteiger partial charge in [-0.05, 0) is 6.08 Å². The molecule has 0 saturated heterocycles. The van der Waals surface area contributed by atoms with Gasteiger partial charge in [-0.2, -0.15) is 15.2 Å². The van der Waals surface area contributed by atoms with E-state index in [1.54, 1.807) is 0 Å². The molecule has 2 N–H and O–H groups in total. The van der Waals surface area contributed by atoms with E-state index in [0.717, 1.165) is 0 Å². The molecule has 1 aromatic heterocycles. The summed E-state index contributed by atoms with van der Waals surface area (Å²) in [4.78, 5) is 7.67. The second-order valence-corrected chi connectivity index (χ2v) is 3.68. The van der Waals surface area contributed by atoms with E-state index in [9.17, 15) is 4.55 Å². The highest BCUT2D eigenvalue weighted by molar-refractivity contribution is 7.90. The molecule has 0 radical (unpaired) electrons. The van der Waals surface area contributed by atoms with Crippen LogP contribution < -0.4 is 5.73 Å². The lowest BCUT2D eigenvalue weighted by atomic mass is 10.3. The Balaban J connectivity index is 3.03. The predicted octanol–water partition coefficient (Wildman–Crippen LogP) is 0.333. The molecule has 0 fully saturated rings. The summed E-state index contributed by atoms with van der Waals surface area (Å²) in [6.07, 6.45) is 5.68. The summed E-state index contributed by atoms with van der Waals surface area (Å²) < 4.78 is 11.0. The number of anilines is 1. The Hall–Kier alpha value is -1.58. The van der Waals surface area contributed by atoms with Crippen LogP contribution in [-0.4, -0.2) is 20.8 Å². The molecule has 0 amide bonds. The number of hydrogen-bond acceptors (Lipinski definition) is 5. The molecule has 1 unspecified atom stereocenters. The second kappa shape index (κ2) is 4.60. The fraction of sp³-hybridized carbons (Fsp3) is 0.125. The summed E-state index contributed by atoms with van der Waals surface area (Å²) in [6.45, 7) is 0. The maximum atomic E-state index is 11.0. The molecule has 1 rings (SSSR count). The summed E-state index contributed by atoms with van der Waals surface area (Å²) in [5, 5.41) is 8.49. The number of nitrogens with two attached hydrogens (primary N) is 1. The van der Waals surface area contributed by atoms with Crippen molar-refractivity contribution in [3.8, 4) is 6.07 Å². The standard InChI is InChI=1S/C8H8N4OS/c1-14(13)8-11-5-6(3-2-4-9)7(10)12-8/h2-3,5H,1H3,(H2,10,11,12)/b3-2+. The van der Waals surface area contributed by atoms with Gasteiger partial charge < -0.3 is 10.3 Å². The zero-order valence-electron chi connectivity index (χ0n) is 7.47. The number of nitriles is 1. The van der Waals surface area contributed by atoms with E-state index < -0.39 is 11.2 Å². The normalized spacial score (nSPS) is 12.6. The van der Waals surface area contributed by atoms with Gasteiger partial charge in [-0.3, -0.25) is 0 Å². The summed E-state index contributed by atoms with van der Waals surface area (Å²) in [6, 6.07) is 1.83. The number of nitrogens with zero attached hydrogens (tertiary/aromatic N) is 3. The van der Waals surface area contributed by atoms with Crippen LogP contribution in [0.4, 0.5) is 5.82 Å². The molecule has 0 aliphatic rings. The molecule has 0 bridgehead atoms. The van der Waals surface area contributed by atoms with E-state index in [-0.39, 0.29) is 11.0 Å². The fourth-order valence-corrected chi connectivity index (χ4v) is 1.21. The van der Waals surface area contributed by atoms with Crippen LogP contribution in [0.3, 0.4) is 0 Å². The van der Waals surface area contributed by atoms with Crippen molar-refractivity contribution in [2.75, 3.05) is 12.0 Å².